The molecule has 0 saturated carbocycles. The Morgan fingerprint density at radius 3 is 2.20 bits per heavy atom. The topological polar surface area (TPSA) is 105 Å². The van der Waals surface area contributed by atoms with Crippen molar-refractivity contribution >= 4 is 23.0 Å². The summed E-state index contributed by atoms with van der Waals surface area (Å²) in [6, 6.07) is 18.8. The molecule has 0 bridgehead atoms. The van der Waals surface area contributed by atoms with Crippen molar-refractivity contribution in [1.29, 1.82) is 0 Å². The molecule has 3 aromatic rings. The summed E-state index contributed by atoms with van der Waals surface area (Å²) in [6.07, 6.45) is 1.27. The van der Waals surface area contributed by atoms with Crippen LogP contribution in [0.4, 0.5) is 23.0 Å². The van der Waals surface area contributed by atoms with Gasteiger partial charge in [-0.05, 0) is 17.7 Å². The lowest BCUT2D eigenvalue weighted by Gasteiger charge is -2.11. The van der Waals surface area contributed by atoms with Crippen LogP contribution < -0.4 is 16.2 Å². The highest BCUT2D eigenvalue weighted by atomic mass is 16.6. The Morgan fingerprint density at radius 2 is 1.52 bits per heavy atom. The minimum absolute atomic E-state index is 0.0828. The van der Waals surface area contributed by atoms with Crippen LogP contribution in [0, 0.1) is 10.1 Å². The minimum Gasteiger partial charge on any atom is -0.360 e. The van der Waals surface area contributed by atoms with Crippen LogP contribution in [0.15, 0.2) is 67.0 Å². The summed E-state index contributed by atoms with van der Waals surface area (Å²) < 4.78 is 0. The zero-order valence-corrected chi connectivity index (χ0v) is 13.2. The van der Waals surface area contributed by atoms with Gasteiger partial charge in [0.25, 0.3) is 0 Å². The van der Waals surface area contributed by atoms with Crippen molar-refractivity contribution in [2.75, 3.05) is 16.2 Å². The van der Waals surface area contributed by atoms with Gasteiger partial charge in [0.05, 0.1) is 10.6 Å². The molecular formula is C17H16N6O2. The van der Waals surface area contributed by atoms with Crippen molar-refractivity contribution in [2.24, 2.45) is 0 Å². The third kappa shape index (κ3) is 4.20. The van der Waals surface area contributed by atoms with Gasteiger partial charge in [-0.3, -0.25) is 21.0 Å². The van der Waals surface area contributed by atoms with E-state index in [1.54, 1.807) is 0 Å². The SMILES string of the molecule is O=[N+]([O-])c1c(NCc2ccccc2)ncnc1NNc1ccccc1. The number of hydrogen-bond acceptors (Lipinski definition) is 7. The molecule has 0 aliphatic heterocycles. The van der Waals surface area contributed by atoms with Crippen LogP contribution in [0.2, 0.25) is 0 Å². The molecule has 126 valence electrons. The molecular weight excluding hydrogens is 320 g/mol. The van der Waals surface area contributed by atoms with E-state index >= 15 is 0 Å². The molecule has 0 radical (unpaired) electrons. The molecule has 0 aliphatic carbocycles. The molecule has 1 aromatic heterocycles. The van der Waals surface area contributed by atoms with Gasteiger partial charge >= 0.3 is 5.69 Å². The number of hydrogen-bond donors (Lipinski definition) is 3. The van der Waals surface area contributed by atoms with Gasteiger partial charge in [-0.1, -0.05) is 48.5 Å². The average Bonchev–Trinajstić information content (AvgIpc) is 2.66. The predicted molar refractivity (Wildman–Crippen MR) is 96.1 cm³/mol. The van der Waals surface area contributed by atoms with E-state index in [2.05, 4.69) is 26.1 Å². The van der Waals surface area contributed by atoms with E-state index in [-0.39, 0.29) is 17.3 Å². The van der Waals surface area contributed by atoms with E-state index in [1.165, 1.54) is 6.33 Å². The van der Waals surface area contributed by atoms with Gasteiger partial charge in [-0.25, -0.2) is 9.97 Å². The Labute approximate surface area is 144 Å². The van der Waals surface area contributed by atoms with Gasteiger partial charge in [0, 0.05) is 6.54 Å². The Kier molecular flexibility index (Phi) is 5.01. The molecule has 0 saturated heterocycles. The summed E-state index contributed by atoms with van der Waals surface area (Å²) in [5, 5.41) is 14.5. The normalized spacial score (nSPS) is 10.1. The van der Waals surface area contributed by atoms with Gasteiger partial charge in [0.1, 0.15) is 6.33 Å². The molecule has 8 nitrogen and oxygen atoms in total. The van der Waals surface area contributed by atoms with Crippen molar-refractivity contribution in [3.05, 3.63) is 82.7 Å². The van der Waals surface area contributed by atoms with Crippen LogP contribution >= 0.6 is 0 Å². The maximum atomic E-state index is 11.5. The van der Waals surface area contributed by atoms with E-state index in [1.807, 2.05) is 60.7 Å². The number of hydrazine groups is 1. The number of rotatable bonds is 7. The highest BCUT2D eigenvalue weighted by Crippen LogP contribution is 2.29. The van der Waals surface area contributed by atoms with Crippen LogP contribution in [0.1, 0.15) is 5.56 Å². The monoisotopic (exact) mass is 336 g/mol. The second kappa shape index (κ2) is 7.73. The fourth-order valence-corrected chi connectivity index (χ4v) is 2.21. The second-order valence-electron chi connectivity index (χ2n) is 5.13. The van der Waals surface area contributed by atoms with E-state index in [9.17, 15) is 10.1 Å². The number of nitrogens with one attached hydrogen (secondary N) is 3. The molecule has 0 spiro atoms. The summed E-state index contributed by atoms with van der Waals surface area (Å²) in [6.45, 7) is 0.421. The van der Waals surface area contributed by atoms with Crippen LogP contribution in [0.3, 0.4) is 0 Å². The van der Waals surface area contributed by atoms with Crippen molar-refractivity contribution in [3.8, 4) is 0 Å². The molecule has 0 aliphatic rings. The molecule has 2 aromatic carbocycles. The lowest BCUT2D eigenvalue weighted by atomic mass is 10.2. The summed E-state index contributed by atoms with van der Waals surface area (Å²) in [5.74, 6) is 0.237. The van der Waals surface area contributed by atoms with Crippen molar-refractivity contribution in [3.63, 3.8) is 0 Å². The Hall–Kier alpha value is -3.68. The third-order valence-corrected chi connectivity index (χ3v) is 3.41. The summed E-state index contributed by atoms with van der Waals surface area (Å²) in [7, 11) is 0. The predicted octanol–water partition coefficient (Wildman–Crippen LogP) is 3.44. The largest absolute Gasteiger partial charge is 0.360 e. The molecule has 25 heavy (non-hydrogen) atoms. The number of aromatic nitrogens is 2. The quantitative estimate of drug-likeness (QED) is 0.448. The molecule has 3 N–H and O–H groups in total. The maximum Gasteiger partial charge on any atom is 0.354 e. The lowest BCUT2D eigenvalue weighted by molar-refractivity contribution is -0.383. The molecule has 3 rings (SSSR count). The number of nitro groups is 1. The fourth-order valence-electron chi connectivity index (χ4n) is 2.21. The van der Waals surface area contributed by atoms with Crippen molar-refractivity contribution in [1.82, 2.24) is 9.97 Å². The van der Waals surface area contributed by atoms with Crippen LogP contribution in [-0.4, -0.2) is 14.9 Å². The van der Waals surface area contributed by atoms with Crippen molar-refractivity contribution in [2.45, 2.75) is 6.54 Å². The average molecular weight is 336 g/mol. The Balaban J connectivity index is 1.78. The molecule has 0 amide bonds. The van der Waals surface area contributed by atoms with Gasteiger partial charge in [0.2, 0.25) is 11.6 Å². The van der Waals surface area contributed by atoms with Crippen molar-refractivity contribution < 1.29 is 4.92 Å². The van der Waals surface area contributed by atoms with Gasteiger partial charge < -0.3 is 5.32 Å². The molecule has 0 unspecified atom stereocenters. The third-order valence-electron chi connectivity index (χ3n) is 3.41. The Morgan fingerprint density at radius 1 is 0.880 bits per heavy atom. The van der Waals surface area contributed by atoms with E-state index < -0.39 is 4.92 Å². The first-order valence-electron chi connectivity index (χ1n) is 7.58. The zero-order valence-electron chi connectivity index (χ0n) is 13.2. The molecule has 8 heteroatoms. The lowest BCUT2D eigenvalue weighted by Crippen LogP contribution is -2.14. The highest BCUT2D eigenvalue weighted by Gasteiger charge is 2.22. The number of benzene rings is 2. The molecule has 1 heterocycles. The maximum absolute atomic E-state index is 11.5. The second-order valence-corrected chi connectivity index (χ2v) is 5.13. The Bertz CT molecular complexity index is 781. The summed E-state index contributed by atoms with van der Waals surface area (Å²) in [5.41, 5.74) is 7.18. The van der Waals surface area contributed by atoms with E-state index in [4.69, 9.17) is 0 Å². The molecule has 0 fully saturated rings. The summed E-state index contributed by atoms with van der Waals surface area (Å²) >= 11 is 0. The van der Waals surface area contributed by atoms with Gasteiger partial charge in [-0.2, -0.15) is 0 Å². The standard InChI is InChI=1S/C17H16N6O2/c24-23(25)15-16(18-11-13-7-3-1-4-8-13)19-12-20-17(15)22-21-14-9-5-2-6-10-14/h1-10,12,21H,11H2,(H2,18,19,20,22). The van der Waals surface area contributed by atoms with Crippen LogP contribution in [-0.2, 0) is 6.54 Å². The fraction of sp³-hybridized carbons (Fsp3) is 0.0588. The zero-order chi connectivity index (χ0) is 17.5. The smallest absolute Gasteiger partial charge is 0.354 e. The first-order chi connectivity index (χ1) is 12.2. The molecule has 0 atom stereocenters. The minimum atomic E-state index is -0.512. The first-order valence-corrected chi connectivity index (χ1v) is 7.58. The first kappa shape index (κ1) is 16.2. The van der Waals surface area contributed by atoms with Gasteiger partial charge in [0.15, 0.2) is 0 Å². The van der Waals surface area contributed by atoms with Crippen LogP contribution in [0.5, 0.6) is 0 Å². The number of anilines is 3. The van der Waals surface area contributed by atoms with E-state index in [0.29, 0.717) is 6.54 Å². The number of nitrogens with zero attached hydrogens (tertiary/aromatic N) is 3. The summed E-state index contributed by atoms with van der Waals surface area (Å²) in [4.78, 5) is 18.9. The number of para-hydroxylation sites is 1. The highest BCUT2D eigenvalue weighted by molar-refractivity contribution is 5.70. The van der Waals surface area contributed by atoms with E-state index in [0.717, 1.165) is 11.3 Å². The van der Waals surface area contributed by atoms with Gasteiger partial charge in [-0.15, -0.1) is 0 Å². The van der Waals surface area contributed by atoms with Crippen LogP contribution in [0.25, 0.3) is 0 Å².